The Hall–Kier alpha value is -2.41. The summed E-state index contributed by atoms with van der Waals surface area (Å²) >= 11 is 5.92. The van der Waals surface area contributed by atoms with Crippen LogP contribution in [0.1, 0.15) is 41.8 Å². The van der Waals surface area contributed by atoms with Crippen LogP contribution in [0.2, 0.25) is 5.02 Å². The van der Waals surface area contributed by atoms with Crippen LogP contribution in [0.3, 0.4) is 0 Å². The van der Waals surface area contributed by atoms with Gasteiger partial charge in [0.25, 0.3) is 5.91 Å². The Balaban J connectivity index is 1.58. The molecule has 3 rings (SSSR count). The molecule has 2 unspecified atom stereocenters. The number of nitrogens with zero attached hydrogens (tertiary/aromatic N) is 2. The topological polar surface area (TPSA) is 64.7 Å². The summed E-state index contributed by atoms with van der Waals surface area (Å²) in [7, 11) is 2.16. The number of piperazine rings is 1. The first-order chi connectivity index (χ1) is 15.9. The molecule has 0 aliphatic carbocycles. The van der Waals surface area contributed by atoms with E-state index in [1.54, 1.807) is 24.3 Å². The Morgan fingerprint density at radius 2 is 1.70 bits per heavy atom. The molecule has 0 saturated carbocycles. The van der Waals surface area contributed by atoms with Gasteiger partial charge in [0.1, 0.15) is 6.04 Å². The molecule has 2 aromatic rings. The molecule has 33 heavy (non-hydrogen) atoms. The third kappa shape index (κ3) is 7.56. The average molecular weight is 471 g/mol. The highest BCUT2D eigenvalue weighted by molar-refractivity contribution is 6.30. The second kappa shape index (κ2) is 12.2. The third-order valence-electron chi connectivity index (χ3n) is 6.35. The molecule has 0 spiro atoms. The lowest BCUT2D eigenvalue weighted by atomic mass is 9.97. The van der Waals surface area contributed by atoms with E-state index in [4.69, 9.17) is 11.6 Å². The van der Waals surface area contributed by atoms with Gasteiger partial charge in [-0.25, -0.2) is 0 Å². The zero-order chi connectivity index (χ0) is 23.8. The van der Waals surface area contributed by atoms with E-state index in [0.717, 1.165) is 44.7 Å². The fraction of sp³-hybridized carbons (Fsp3) is 0.462. The smallest absolute Gasteiger partial charge is 0.251 e. The summed E-state index contributed by atoms with van der Waals surface area (Å²) < 4.78 is 0. The molecule has 2 atom stereocenters. The van der Waals surface area contributed by atoms with E-state index >= 15 is 0 Å². The first kappa shape index (κ1) is 25.2. The number of nitrogens with one attached hydrogen (secondary N) is 2. The molecule has 6 nitrogen and oxygen atoms in total. The minimum Gasteiger partial charge on any atom is -0.350 e. The Morgan fingerprint density at radius 3 is 2.36 bits per heavy atom. The summed E-state index contributed by atoms with van der Waals surface area (Å²) in [6.45, 7) is 9.66. The molecule has 0 bridgehead atoms. The molecule has 1 fully saturated rings. The highest BCUT2D eigenvalue weighted by atomic mass is 35.5. The van der Waals surface area contributed by atoms with Crippen molar-refractivity contribution in [3.63, 3.8) is 0 Å². The molecule has 1 aliphatic rings. The SMILES string of the molecule is CCC(C)C(NC(=O)c1ccc(Cl)cc1)C(=O)NCc1cccc(CN2CCN(C)CC2)c1. The van der Waals surface area contributed by atoms with Crippen molar-refractivity contribution in [2.75, 3.05) is 33.2 Å². The Bertz CT molecular complexity index is 926. The van der Waals surface area contributed by atoms with E-state index < -0.39 is 6.04 Å². The third-order valence-corrected chi connectivity index (χ3v) is 6.60. The molecule has 2 amide bonds. The van der Waals surface area contributed by atoms with Gasteiger partial charge in [-0.2, -0.15) is 0 Å². The van der Waals surface area contributed by atoms with Gasteiger partial charge in [0.05, 0.1) is 0 Å². The predicted octanol–water partition coefficient (Wildman–Crippen LogP) is 3.55. The van der Waals surface area contributed by atoms with Crippen LogP contribution in [0, 0.1) is 5.92 Å². The number of rotatable bonds is 9. The maximum atomic E-state index is 13.0. The lowest BCUT2D eigenvalue weighted by Gasteiger charge is -2.32. The highest BCUT2D eigenvalue weighted by Gasteiger charge is 2.26. The first-order valence-electron chi connectivity index (χ1n) is 11.7. The van der Waals surface area contributed by atoms with Crippen LogP contribution in [0.5, 0.6) is 0 Å². The molecule has 178 valence electrons. The lowest BCUT2D eigenvalue weighted by molar-refractivity contribution is -0.124. The quantitative estimate of drug-likeness (QED) is 0.588. The summed E-state index contributed by atoms with van der Waals surface area (Å²) in [5.41, 5.74) is 2.79. The van der Waals surface area contributed by atoms with E-state index in [1.807, 2.05) is 26.0 Å². The van der Waals surface area contributed by atoms with Crippen molar-refractivity contribution in [2.24, 2.45) is 5.92 Å². The van der Waals surface area contributed by atoms with Gasteiger partial charge in [-0.1, -0.05) is 56.1 Å². The number of carbonyl (C=O) groups is 2. The van der Waals surface area contributed by atoms with Crippen LogP contribution < -0.4 is 10.6 Å². The zero-order valence-electron chi connectivity index (χ0n) is 19.8. The van der Waals surface area contributed by atoms with E-state index in [9.17, 15) is 9.59 Å². The molecular formula is C26H35ClN4O2. The second-order valence-corrected chi connectivity index (χ2v) is 9.40. The van der Waals surface area contributed by atoms with E-state index in [-0.39, 0.29) is 17.7 Å². The lowest BCUT2D eigenvalue weighted by Crippen LogP contribution is -2.50. The van der Waals surface area contributed by atoms with Crippen molar-refractivity contribution in [1.29, 1.82) is 0 Å². The standard InChI is InChI=1S/C26H35ClN4O2/c1-4-19(2)24(29-25(32)22-8-10-23(27)11-9-22)26(33)28-17-20-6-5-7-21(16-20)18-31-14-12-30(3)13-15-31/h5-11,16,19,24H,4,12-15,17-18H2,1-3H3,(H,28,33)(H,29,32). The summed E-state index contributed by atoms with van der Waals surface area (Å²) in [5, 5.41) is 6.49. The fourth-order valence-electron chi connectivity index (χ4n) is 3.93. The maximum Gasteiger partial charge on any atom is 0.251 e. The first-order valence-corrected chi connectivity index (χ1v) is 12.1. The van der Waals surface area contributed by atoms with Gasteiger partial charge in [0.2, 0.25) is 5.91 Å². The van der Waals surface area contributed by atoms with Gasteiger partial charge in [0.15, 0.2) is 0 Å². The van der Waals surface area contributed by atoms with Crippen molar-refractivity contribution < 1.29 is 9.59 Å². The van der Waals surface area contributed by atoms with Gasteiger partial charge in [-0.05, 0) is 48.4 Å². The van der Waals surface area contributed by atoms with Crippen LogP contribution in [-0.4, -0.2) is 60.9 Å². The average Bonchev–Trinajstić information content (AvgIpc) is 2.82. The van der Waals surface area contributed by atoms with Crippen LogP contribution in [0.25, 0.3) is 0 Å². The highest BCUT2D eigenvalue weighted by Crippen LogP contribution is 2.14. The van der Waals surface area contributed by atoms with Gasteiger partial charge in [0, 0.05) is 49.9 Å². The number of hydrogen-bond donors (Lipinski definition) is 2. The molecule has 1 saturated heterocycles. The van der Waals surface area contributed by atoms with Crippen molar-refractivity contribution in [3.8, 4) is 0 Å². The zero-order valence-corrected chi connectivity index (χ0v) is 20.6. The molecule has 2 N–H and O–H groups in total. The number of hydrogen-bond acceptors (Lipinski definition) is 4. The fourth-order valence-corrected chi connectivity index (χ4v) is 4.06. The molecular weight excluding hydrogens is 436 g/mol. The van der Waals surface area contributed by atoms with Crippen LogP contribution >= 0.6 is 11.6 Å². The molecule has 1 heterocycles. The van der Waals surface area contributed by atoms with Crippen molar-refractivity contribution >= 4 is 23.4 Å². The number of amides is 2. The number of benzene rings is 2. The minimum absolute atomic E-state index is 0.00446. The summed E-state index contributed by atoms with van der Waals surface area (Å²) in [4.78, 5) is 30.5. The predicted molar refractivity (Wildman–Crippen MR) is 133 cm³/mol. The second-order valence-electron chi connectivity index (χ2n) is 8.96. The molecule has 0 aromatic heterocycles. The monoisotopic (exact) mass is 470 g/mol. The van der Waals surface area contributed by atoms with Crippen molar-refractivity contribution in [3.05, 3.63) is 70.2 Å². The van der Waals surface area contributed by atoms with E-state index in [0.29, 0.717) is 17.1 Å². The number of halogens is 1. The van der Waals surface area contributed by atoms with Gasteiger partial charge in [-0.3, -0.25) is 14.5 Å². The van der Waals surface area contributed by atoms with Gasteiger partial charge in [-0.15, -0.1) is 0 Å². The van der Waals surface area contributed by atoms with Crippen LogP contribution in [0.4, 0.5) is 0 Å². The Kier molecular flexibility index (Phi) is 9.30. The van der Waals surface area contributed by atoms with Crippen molar-refractivity contribution in [2.45, 2.75) is 39.4 Å². The largest absolute Gasteiger partial charge is 0.350 e. The van der Waals surface area contributed by atoms with E-state index in [2.05, 4.69) is 39.6 Å². The van der Waals surface area contributed by atoms with Crippen molar-refractivity contribution in [1.82, 2.24) is 20.4 Å². The van der Waals surface area contributed by atoms with Crippen LogP contribution in [-0.2, 0) is 17.9 Å². The maximum absolute atomic E-state index is 13.0. The molecule has 2 aromatic carbocycles. The number of carbonyl (C=O) groups excluding carboxylic acids is 2. The number of likely N-dealkylation sites (N-methyl/N-ethyl adjacent to an activating group) is 1. The van der Waals surface area contributed by atoms with E-state index in [1.165, 1.54) is 5.56 Å². The summed E-state index contributed by atoms with van der Waals surface area (Å²) in [6, 6.07) is 14.4. The normalized spacial score (nSPS) is 16.7. The van der Waals surface area contributed by atoms with Crippen LogP contribution in [0.15, 0.2) is 48.5 Å². The minimum atomic E-state index is -0.605. The van der Waals surface area contributed by atoms with Gasteiger partial charge >= 0.3 is 0 Å². The summed E-state index contributed by atoms with van der Waals surface area (Å²) in [5.74, 6) is -0.442. The van der Waals surface area contributed by atoms with Gasteiger partial charge < -0.3 is 15.5 Å². The molecule has 0 radical (unpaired) electrons. The Morgan fingerprint density at radius 1 is 1.03 bits per heavy atom. The molecule has 1 aliphatic heterocycles. The molecule has 7 heteroatoms. The summed E-state index contributed by atoms with van der Waals surface area (Å²) in [6.07, 6.45) is 0.777. The Labute approximate surface area is 202 Å².